The molecule has 2 rings (SSSR count). The van der Waals surface area contributed by atoms with Crippen molar-refractivity contribution < 1.29 is 9.47 Å². The summed E-state index contributed by atoms with van der Waals surface area (Å²) in [5.74, 6) is 0.915. The van der Waals surface area contributed by atoms with Gasteiger partial charge in [-0.3, -0.25) is 0 Å². The van der Waals surface area contributed by atoms with Crippen LogP contribution in [-0.2, 0) is 16.0 Å². The Morgan fingerprint density at radius 3 is 2.95 bits per heavy atom. The van der Waals surface area contributed by atoms with Crippen LogP contribution in [0.2, 0.25) is 0 Å². The van der Waals surface area contributed by atoms with Gasteiger partial charge in [0.25, 0.3) is 0 Å². The van der Waals surface area contributed by atoms with Crippen molar-refractivity contribution in [3.8, 4) is 11.4 Å². The van der Waals surface area contributed by atoms with Gasteiger partial charge < -0.3 is 19.8 Å². The largest absolute Gasteiger partial charge is 0.399 e. The monoisotopic (exact) mass is 275 g/mol. The highest BCUT2D eigenvalue weighted by Crippen LogP contribution is 2.19. The van der Waals surface area contributed by atoms with Crippen LogP contribution in [0.15, 0.2) is 36.7 Å². The van der Waals surface area contributed by atoms with Crippen LogP contribution in [0.4, 0.5) is 5.69 Å². The van der Waals surface area contributed by atoms with Crippen molar-refractivity contribution in [3.05, 3.63) is 36.7 Å². The molecule has 2 N–H and O–H groups in total. The Kier molecular flexibility index (Phi) is 5.58. The molecule has 0 amide bonds. The van der Waals surface area contributed by atoms with E-state index in [0.29, 0.717) is 6.61 Å². The SMILES string of the molecule is COCCCOCCn1ccnc1-c1cccc(N)c1. The molecule has 5 heteroatoms. The van der Waals surface area contributed by atoms with Gasteiger partial charge in [-0.05, 0) is 18.6 Å². The van der Waals surface area contributed by atoms with Crippen LogP contribution in [0, 0.1) is 0 Å². The first-order valence-electron chi connectivity index (χ1n) is 6.75. The number of nitrogens with two attached hydrogens (primary N) is 1. The van der Waals surface area contributed by atoms with Crippen LogP contribution in [0.3, 0.4) is 0 Å². The molecular weight excluding hydrogens is 254 g/mol. The van der Waals surface area contributed by atoms with Crippen molar-refractivity contribution in [3.63, 3.8) is 0 Å². The van der Waals surface area contributed by atoms with Gasteiger partial charge in [0, 0.05) is 50.5 Å². The molecule has 1 aromatic heterocycles. The third kappa shape index (κ3) is 4.08. The fourth-order valence-electron chi connectivity index (χ4n) is 2.00. The van der Waals surface area contributed by atoms with Crippen LogP contribution in [0.1, 0.15) is 6.42 Å². The van der Waals surface area contributed by atoms with E-state index in [0.717, 1.165) is 43.3 Å². The van der Waals surface area contributed by atoms with Crippen molar-refractivity contribution in [1.29, 1.82) is 0 Å². The highest BCUT2D eigenvalue weighted by molar-refractivity contribution is 5.61. The third-order valence-electron chi connectivity index (χ3n) is 2.97. The van der Waals surface area contributed by atoms with E-state index < -0.39 is 0 Å². The standard InChI is InChI=1S/C15H21N3O2/c1-19-9-3-10-20-11-8-18-7-6-17-15(18)13-4-2-5-14(16)12-13/h2,4-7,12H,3,8-11,16H2,1H3. The number of ether oxygens (including phenoxy) is 2. The first-order chi connectivity index (χ1) is 9.81. The molecule has 0 bridgehead atoms. The van der Waals surface area contributed by atoms with E-state index in [1.54, 1.807) is 13.3 Å². The second-order valence-electron chi connectivity index (χ2n) is 4.53. The van der Waals surface area contributed by atoms with Crippen molar-refractivity contribution in [2.24, 2.45) is 0 Å². The fraction of sp³-hybridized carbons (Fsp3) is 0.400. The van der Waals surface area contributed by atoms with Gasteiger partial charge in [0.05, 0.1) is 6.61 Å². The zero-order valence-corrected chi connectivity index (χ0v) is 11.8. The van der Waals surface area contributed by atoms with Gasteiger partial charge in [0.15, 0.2) is 0 Å². The summed E-state index contributed by atoms with van der Waals surface area (Å²) in [4.78, 5) is 4.39. The van der Waals surface area contributed by atoms with Gasteiger partial charge in [-0.15, -0.1) is 0 Å². The molecule has 1 heterocycles. The first kappa shape index (κ1) is 14.6. The predicted octanol–water partition coefficient (Wildman–Crippen LogP) is 2.19. The second-order valence-corrected chi connectivity index (χ2v) is 4.53. The minimum Gasteiger partial charge on any atom is -0.399 e. The van der Waals surface area contributed by atoms with E-state index in [1.807, 2.05) is 30.5 Å². The third-order valence-corrected chi connectivity index (χ3v) is 2.97. The Balaban J connectivity index is 1.89. The molecule has 0 saturated carbocycles. The molecule has 5 nitrogen and oxygen atoms in total. The average Bonchev–Trinajstić information content (AvgIpc) is 2.91. The molecular formula is C15H21N3O2. The van der Waals surface area contributed by atoms with Crippen molar-refractivity contribution in [2.45, 2.75) is 13.0 Å². The molecule has 0 fully saturated rings. The number of hydrogen-bond acceptors (Lipinski definition) is 4. The molecule has 108 valence electrons. The summed E-state index contributed by atoms with van der Waals surface area (Å²) in [5.41, 5.74) is 7.58. The molecule has 0 saturated heterocycles. The van der Waals surface area contributed by atoms with Crippen molar-refractivity contribution in [1.82, 2.24) is 9.55 Å². The summed E-state index contributed by atoms with van der Waals surface area (Å²) in [6.07, 6.45) is 4.67. The zero-order valence-electron chi connectivity index (χ0n) is 11.8. The average molecular weight is 275 g/mol. The Bertz CT molecular complexity index is 525. The van der Waals surface area contributed by atoms with Gasteiger partial charge in [0.1, 0.15) is 5.82 Å². The van der Waals surface area contributed by atoms with E-state index in [-0.39, 0.29) is 0 Å². The van der Waals surface area contributed by atoms with Gasteiger partial charge in [-0.25, -0.2) is 4.98 Å². The molecule has 0 unspecified atom stereocenters. The Morgan fingerprint density at radius 1 is 1.25 bits per heavy atom. The molecule has 0 aliphatic heterocycles. The Hall–Kier alpha value is -1.85. The van der Waals surface area contributed by atoms with Gasteiger partial charge in [-0.1, -0.05) is 12.1 Å². The van der Waals surface area contributed by atoms with Crippen LogP contribution < -0.4 is 5.73 Å². The quantitative estimate of drug-likeness (QED) is 0.592. The number of imidazole rings is 1. The van der Waals surface area contributed by atoms with E-state index in [1.165, 1.54) is 0 Å². The van der Waals surface area contributed by atoms with Gasteiger partial charge in [0.2, 0.25) is 0 Å². The number of nitrogens with zero attached hydrogens (tertiary/aromatic N) is 2. The summed E-state index contributed by atoms with van der Waals surface area (Å²) < 4.78 is 12.6. The molecule has 0 aliphatic rings. The van der Waals surface area contributed by atoms with Gasteiger partial charge >= 0.3 is 0 Å². The lowest BCUT2D eigenvalue weighted by molar-refractivity contribution is 0.0979. The maximum atomic E-state index is 5.81. The zero-order chi connectivity index (χ0) is 14.2. The summed E-state index contributed by atoms with van der Waals surface area (Å²) in [6, 6.07) is 7.74. The summed E-state index contributed by atoms with van der Waals surface area (Å²) >= 11 is 0. The number of rotatable bonds is 8. The minimum absolute atomic E-state index is 0.662. The molecule has 2 aromatic rings. The van der Waals surface area contributed by atoms with Crippen molar-refractivity contribution >= 4 is 5.69 Å². The lowest BCUT2D eigenvalue weighted by Gasteiger charge is -2.09. The Labute approximate surface area is 119 Å². The molecule has 20 heavy (non-hydrogen) atoms. The highest BCUT2D eigenvalue weighted by atomic mass is 16.5. The highest BCUT2D eigenvalue weighted by Gasteiger charge is 2.05. The maximum absolute atomic E-state index is 5.81. The first-order valence-corrected chi connectivity index (χ1v) is 6.75. The van der Waals surface area contributed by atoms with Crippen LogP contribution in [0.5, 0.6) is 0 Å². The second kappa shape index (κ2) is 7.67. The number of aromatic nitrogens is 2. The normalized spacial score (nSPS) is 10.8. The fourth-order valence-corrected chi connectivity index (χ4v) is 2.00. The number of methoxy groups -OCH3 is 1. The maximum Gasteiger partial charge on any atom is 0.140 e. The van der Waals surface area contributed by atoms with Crippen LogP contribution >= 0.6 is 0 Å². The van der Waals surface area contributed by atoms with E-state index in [2.05, 4.69) is 9.55 Å². The van der Waals surface area contributed by atoms with Gasteiger partial charge in [-0.2, -0.15) is 0 Å². The Morgan fingerprint density at radius 2 is 2.15 bits per heavy atom. The summed E-state index contributed by atoms with van der Waals surface area (Å²) in [6.45, 7) is 2.89. The molecule has 0 aliphatic carbocycles. The minimum atomic E-state index is 0.662. The number of anilines is 1. The number of hydrogen-bond donors (Lipinski definition) is 1. The smallest absolute Gasteiger partial charge is 0.140 e. The van der Waals surface area contributed by atoms with E-state index >= 15 is 0 Å². The summed E-state index contributed by atoms with van der Waals surface area (Å²) in [5, 5.41) is 0. The van der Waals surface area contributed by atoms with E-state index in [4.69, 9.17) is 15.2 Å². The predicted molar refractivity (Wildman–Crippen MR) is 79.4 cm³/mol. The van der Waals surface area contributed by atoms with Crippen LogP contribution in [0.25, 0.3) is 11.4 Å². The molecule has 1 aromatic carbocycles. The number of benzene rings is 1. The van der Waals surface area contributed by atoms with Crippen molar-refractivity contribution in [2.75, 3.05) is 32.7 Å². The summed E-state index contributed by atoms with van der Waals surface area (Å²) in [7, 11) is 1.70. The lowest BCUT2D eigenvalue weighted by atomic mass is 10.2. The van der Waals surface area contributed by atoms with E-state index in [9.17, 15) is 0 Å². The molecule has 0 spiro atoms. The number of nitrogen functional groups attached to an aromatic ring is 1. The molecule has 0 atom stereocenters. The van der Waals surface area contributed by atoms with Crippen LogP contribution in [-0.4, -0.2) is 36.5 Å². The lowest BCUT2D eigenvalue weighted by Crippen LogP contribution is -2.08. The topological polar surface area (TPSA) is 62.3 Å². The molecule has 0 radical (unpaired) electrons.